The molecule has 0 atom stereocenters. The molecule has 18 heavy (non-hydrogen) atoms. The summed E-state index contributed by atoms with van der Waals surface area (Å²) in [5, 5.41) is 5.55. The van der Waals surface area contributed by atoms with Crippen molar-refractivity contribution in [3.8, 4) is 0 Å². The SMILES string of the molecule is CCNC(=O)CNCc1ccc(CSC(F)F)o1. The standard InChI is InChI=1S/C11H16F2N2O2S/c1-2-15-10(16)6-14-5-8-3-4-9(17-8)7-18-11(12)13/h3-4,11,14H,2,5-7H2,1H3,(H,15,16). The predicted molar refractivity (Wildman–Crippen MR) is 66.4 cm³/mol. The normalized spacial score (nSPS) is 10.9. The van der Waals surface area contributed by atoms with Gasteiger partial charge in [-0.1, -0.05) is 11.8 Å². The maximum Gasteiger partial charge on any atom is 0.284 e. The number of hydrogen-bond donors (Lipinski definition) is 2. The van der Waals surface area contributed by atoms with Crippen molar-refractivity contribution in [2.45, 2.75) is 25.0 Å². The number of halogens is 2. The van der Waals surface area contributed by atoms with Crippen LogP contribution in [0.3, 0.4) is 0 Å². The van der Waals surface area contributed by atoms with Crippen molar-refractivity contribution in [1.29, 1.82) is 0 Å². The van der Waals surface area contributed by atoms with Gasteiger partial charge in [-0.15, -0.1) is 0 Å². The number of nitrogens with one attached hydrogen (secondary N) is 2. The predicted octanol–water partition coefficient (Wildman–Crippen LogP) is 1.96. The van der Waals surface area contributed by atoms with Gasteiger partial charge < -0.3 is 15.1 Å². The molecule has 1 heterocycles. The summed E-state index contributed by atoms with van der Waals surface area (Å²) < 4.78 is 29.2. The maximum atomic E-state index is 12.0. The Labute approximate surface area is 108 Å². The number of carbonyl (C=O) groups is 1. The second kappa shape index (κ2) is 8.10. The second-order valence-electron chi connectivity index (χ2n) is 3.50. The summed E-state index contributed by atoms with van der Waals surface area (Å²) in [7, 11) is 0. The molecule has 0 fully saturated rings. The van der Waals surface area contributed by atoms with Gasteiger partial charge in [0.15, 0.2) is 0 Å². The van der Waals surface area contributed by atoms with Crippen LogP contribution in [0.2, 0.25) is 0 Å². The Morgan fingerprint density at radius 2 is 2.17 bits per heavy atom. The van der Waals surface area contributed by atoms with Crippen LogP contribution >= 0.6 is 11.8 Å². The fraction of sp³-hybridized carbons (Fsp3) is 0.545. The van der Waals surface area contributed by atoms with Crippen LogP contribution in [-0.4, -0.2) is 24.8 Å². The zero-order valence-corrected chi connectivity index (χ0v) is 10.9. The van der Waals surface area contributed by atoms with Crippen molar-refractivity contribution in [3.05, 3.63) is 23.7 Å². The van der Waals surface area contributed by atoms with E-state index in [-0.39, 0.29) is 18.2 Å². The molecule has 4 nitrogen and oxygen atoms in total. The minimum absolute atomic E-state index is 0.0856. The lowest BCUT2D eigenvalue weighted by Gasteiger charge is -2.03. The number of alkyl halides is 2. The van der Waals surface area contributed by atoms with Gasteiger partial charge in [0.1, 0.15) is 11.5 Å². The van der Waals surface area contributed by atoms with Crippen LogP contribution in [0.5, 0.6) is 0 Å². The summed E-state index contributed by atoms with van der Waals surface area (Å²) in [4.78, 5) is 11.1. The molecule has 1 aromatic rings. The molecule has 0 unspecified atom stereocenters. The molecule has 102 valence electrons. The summed E-state index contributed by atoms with van der Waals surface area (Å²) in [6, 6.07) is 3.38. The van der Waals surface area contributed by atoms with Crippen LogP contribution in [0.25, 0.3) is 0 Å². The minimum Gasteiger partial charge on any atom is -0.464 e. The van der Waals surface area contributed by atoms with Crippen LogP contribution in [0.4, 0.5) is 8.78 Å². The van der Waals surface area contributed by atoms with E-state index in [0.29, 0.717) is 36.4 Å². The van der Waals surface area contributed by atoms with Gasteiger partial charge in [-0.3, -0.25) is 4.79 Å². The fourth-order valence-corrected chi connectivity index (χ4v) is 1.74. The van der Waals surface area contributed by atoms with E-state index in [1.807, 2.05) is 6.92 Å². The lowest BCUT2D eigenvalue weighted by molar-refractivity contribution is -0.120. The first-order chi connectivity index (χ1) is 8.61. The smallest absolute Gasteiger partial charge is 0.284 e. The summed E-state index contributed by atoms with van der Waals surface area (Å²) in [6.45, 7) is 3.04. The van der Waals surface area contributed by atoms with Gasteiger partial charge in [0.05, 0.1) is 18.8 Å². The molecule has 0 bridgehead atoms. The molecule has 7 heteroatoms. The molecule has 0 aliphatic carbocycles. The number of carbonyl (C=O) groups excluding carboxylic acids is 1. The van der Waals surface area contributed by atoms with Gasteiger partial charge in [0.25, 0.3) is 5.76 Å². The molecule has 0 aliphatic heterocycles. The Kier molecular flexibility index (Phi) is 6.74. The molecule has 1 aromatic heterocycles. The van der Waals surface area contributed by atoms with Gasteiger partial charge in [-0.25, -0.2) is 0 Å². The zero-order chi connectivity index (χ0) is 13.4. The number of thioether (sulfide) groups is 1. The van der Waals surface area contributed by atoms with E-state index in [2.05, 4.69) is 10.6 Å². The molecule has 0 saturated heterocycles. The highest BCUT2D eigenvalue weighted by atomic mass is 32.2. The van der Waals surface area contributed by atoms with E-state index in [4.69, 9.17) is 4.42 Å². The molecular weight excluding hydrogens is 262 g/mol. The Hall–Kier alpha value is -1.08. The molecular formula is C11H16F2N2O2S. The average molecular weight is 278 g/mol. The van der Waals surface area contributed by atoms with Crippen molar-refractivity contribution in [2.75, 3.05) is 13.1 Å². The highest BCUT2D eigenvalue weighted by Crippen LogP contribution is 2.21. The number of furan rings is 1. The van der Waals surface area contributed by atoms with Gasteiger partial charge in [0.2, 0.25) is 5.91 Å². The van der Waals surface area contributed by atoms with E-state index in [1.54, 1.807) is 12.1 Å². The molecule has 0 aromatic carbocycles. The summed E-state index contributed by atoms with van der Waals surface area (Å²) >= 11 is 0.521. The molecule has 1 amide bonds. The van der Waals surface area contributed by atoms with Crippen LogP contribution in [0.1, 0.15) is 18.4 Å². The summed E-state index contributed by atoms with van der Waals surface area (Å²) in [5.41, 5.74) is 0. The molecule has 2 N–H and O–H groups in total. The number of rotatable bonds is 8. The van der Waals surface area contributed by atoms with E-state index in [9.17, 15) is 13.6 Å². The first-order valence-electron chi connectivity index (χ1n) is 5.56. The quantitative estimate of drug-likeness (QED) is 0.763. The van der Waals surface area contributed by atoms with Gasteiger partial charge in [0, 0.05) is 6.54 Å². The molecule has 0 aliphatic rings. The number of hydrogen-bond acceptors (Lipinski definition) is 4. The zero-order valence-electron chi connectivity index (χ0n) is 10.0. The molecule has 1 rings (SSSR count). The fourth-order valence-electron chi connectivity index (χ4n) is 1.30. The van der Waals surface area contributed by atoms with E-state index in [0.717, 1.165) is 0 Å². The number of amides is 1. The van der Waals surface area contributed by atoms with E-state index in [1.165, 1.54) is 0 Å². The third kappa shape index (κ3) is 6.02. The Bertz CT molecular complexity index is 372. The van der Waals surface area contributed by atoms with Crippen molar-refractivity contribution < 1.29 is 18.0 Å². The molecule has 0 spiro atoms. The van der Waals surface area contributed by atoms with Crippen molar-refractivity contribution in [2.24, 2.45) is 0 Å². The van der Waals surface area contributed by atoms with Crippen LogP contribution < -0.4 is 10.6 Å². The summed E-state index contributed by atoms with van der Waals surface area (Å²) in [5.74, 6) is -1.19. The van der Waals surface area contributed by atoms with Gasteiger partial charge in [-0.05, 0) is 19.1 Å². The third-order valence-corrected chi connectivity index (χ3v) is 2.73. The van der Waals surface area contributed by atoms with Crippen molar-refractivity contribution >= 4 is 17.7 Å². The Morgan fingerprint density at radius 3 is 2.83 bits per heavy atom. The monoisotopic (exact) mass is 278 g/mol. The van der Waals surface area contributed by atoms with Gasteiger partial charge in [-0.2, -0.15) is 8.78 Å². The average Bonchev–Trinajstić information content (AvgIpc) is 2.75. The lowest BCUT2D eigenvalue weighted by atomic mass is 10.4. The Morgan fingerprint density at radius 1 is 1.44 bits per heavy atom. The Balaban J connectivity index is 2.24. The number of likely N-dealkylation sites (N-methyl/N-ethyl adjacent to an activating group) is 1. The van der Waals surface area contributed by atoms with E-state index >= 15 is 0 Å². The maximum absolute atomic E-state index is 12.0. The highest BCUT2D eigenvalue weighted by molar-refractivity contribution is 7.98. The van der Waals surface area contributed by atoms with Crippen LogP contribution in [0, 0.1) is 0 Å². The van der Waals surface area contributed by atoms with E-state index < -0.39 is 5.76 Å². The lowest BCUT2D eigenvalue weighted by Crippen LogP contribution is -2.33. The summed E-state index contributed by atoms with van der Waals surface area (Å²) in [6.07, 6.45) is 0. The first-order valence-corrected chi connectivity index (χ1v) is 6.61. The first kappa shape index (κ1) is 15.0. The third-order valence-electron chi connectivity index (χ3n) is 2.03. The van der Waals surface area contributed by atoms with Gasteiger partial charge >= 0.3 is 0 Å². The van der Waals surface area contributed by atoms with Crippen LogP contribution in [-0.2, 0) is 17.1 Å². The molecule has 0 saturated carbocycles. The van der Waals surface area contributed by atoms with Crippen molar-refractivity contribution in [1.82, 2.24) is 10.6 Å². The highest BCUT2D eigenvalue weighted by Gasteiger charge is 2.07. The molecule has 0 radical (unpaired) electrons. The second-order valence-corrected chi connectivity index (χ2v) is 4.48. The van der Waals surface area contributed by atoms with Crippen LogP contribution in [0.15, 0.2) is 16.5 Å². The topological polar surface area (TPSA) is 54.3 Å². The largest absolute Gasteiger partial charge is 0.464 e. The minimum atomic E-state index is -2.39. The van der Waals surface area contributed by atoms with Crippen molar-refractivity contribution in [3.63, 3.8) is 0 Å².